The summed E-state index contributed by atoms with van der Waals surface area (Å²) in [6, 6.07) is 8.47. The molecular formula is C14H11ClFNO2. The van der Waals surface area contributed by atoms with Crippen molar-refractivity contribution < 1.29 is 14.3 Å². The molecule has 0 saturated heterocycles. The number of nitrogens with one attached hydrogen (secondary N) is 1. The first-order valence-electron chi connectivity index (χ1n) is 5.54. The quantitative estimate of drug-likeness (QED) is 0.880. The van der Waals surface area contributed by atoms with Gasteiger partial charge in [0.25, 0.3) is 5.91 Å². The molecule has 5 heteroatoms. The van der Waals surface area contributed by atoms with Crippen molar-refractivity contribution in [3.8, 4) is 5.75 Å². The van der Waals surface area contributed by atoms with Crippen molar-refractivity contribution in [2.75, 3.05) is 5.32 Å². The number of hydrogen-bond donors (Lipinski definition) is 2. The lowest BCUT2D eigenvalue weighted by atomic mass is 10.1. The summed E-state index contributed by atoms with van der Waals surface area (Å²) in [5.74, 6) is -1.07. The zero-order valence-electron chi connectivity index (χ0n) is 10.1. The van der Waals surface area contributed by atoms with Gasteiger partial charge in [0.15, 0.2) is 0 Å². The van der Waals surface area contributed by atoms with E-state index in [1.54, 1.807) is 19.1 Å². The topological polar surface area (TPSA) is 49.3 Å². The minimum absolute atomic E-state index is 0.000225. The van der Waals surface area contributed by atoms with Crippen LogP contribution in [0.4, 0.5) is 10.1 Å². The zero-order valence-corrected chi connectivity index (χ0v) is 10.8. The molecule has 2 N–H and O–H groups in total. The molecule has 2 aromatic rings. The fourth-order valence-electron chi connectivity index (χ4n) is 1.65. The van der Waals surface area contributed by atoms with Gasteiger partial charge < -0.3 is 10.4 Å². The van der Waals surface area contributed by atoms with Crippen LogP contribution in [0.3, 0.4) is 0 Å². The molecule has 0 aromatic heterocycles. The number of phenols is 1. The van der Waals surface area contributed by atoms with E-state index in [-0.39, 0.29) is 17.0 Å². The fraction of sp³-hybridized carbons (Fsp3) is 0.0714. The Labute approximate surface area is 114 Å². The maximum Gasteiger partial charge on any atom is 0.256 e. The summed E-state index contributed by atoms with van der Waals surface area (Å²) in [4.78, 5) is 12.0. The molecule has 2 aromatic carbocycles. The van der Waals surface area contributed by atoms with E-state index >= 15 is 0 Å². The van der Waals surface area contributed by atoms with Gasteiger partial charge in [-0.2, -0.15) is 0 Å². The van der Waals surface area contributed by atoms with Crippen LogP contribution in [0.25, 0.3) is 0 Å². The molecule has 0 aliphatic heterocycles. The molecule has 0 fully saturated rings. The Hall–Kier alpha value is -2.07. The smallest absolute Gasteiger partial charge is 0.256 e. The molecule has 98 valence electrons. The van der Waals surface area contributed by atoms with Crippen LogP contribution in [0.15, 0.2) is 36.4 Å². The monoisotopic (exact) mass is 279 g/mol. The van der Waals surface area contributed by atoms with Crippen LogP contribution in [-0.4, -0.2) is 11.0 Å². The highest BCUT2D eigenvalue weighted by molar-refractivity contribution is 6.31. The van der Waals surface area contributed by atoms with Crippen molar-refractivity contribution in [1.82, 2.24) is 0 Å². The third-order valence-electron chi connectivity index (χ3n) is 2.73. The molecule has 0 atom stereocenters. The van der Waals surface area contributed by atoms with Crippen LogP contribution < -0.4 is 5.32 Å². The number of anilines is 1. The molecule has 0 aliphatic rings. The first kappa shape index (κ1) is 13.4. The summed E-state index contributed by atoms with van der Waals surface area (Å²) in [6.07, 6.45) is 0. The van der Waals surface area contributed by atoms with E-state index in [9.17, 15) is 14.3 Å². The fourth-order valence-corrected chi connectivity index (χ4v) is 1.82. The second kappa shape index (κ2) is 5.28. The van der Waals surface area contributed by atoms with E-state index in [0.29, 0.717) is 10.6 Å². The molecule has 0 spiro atoms. The Morgan fingerprint density at radius 2 is 2.05 bits per heavy atom. The highest BCUT2D eigenvalue weighted by Crippen LogP contribution is 2.23. The standard InChI is InChI=1S/C14H11ClFNO2/c1-8-10(3-2-4-13(8)18)14(19)17-12-7-9(15)5-6-11(12)16/h2-7,18H,1H3,(H,17,19). The van der Waals surface area contributed by atoms with Crippen LogP contribution in [0.1, 0.15) is 15.9 Å². The van der Waals surface area contributed by atoms with Gasteiger partial charge in [-0.05, 0) is 37.3 Å². The Morgan fingerprint density at radius 1 is 1.32 bits per heavy atom. The number of phenolic OH excluding ortho intramolecular Hbond substituents is 1. The third kappa shape index (κ3) is 2.85. The molecule has 0 aliphatic carbocycles. The Morgan fingerprint density at radius 3 is 2.79 bits per heavy atom. The average molecular weight is 280 g/mol. The number of amides is 1. The van der Waals surface area contributed by atoms with Crippen molar-refractivity contribution in [3.05, 3.63) is 58.4 Å². The first-order valence-corrected chi connectivity index (χ1v) is 5.92. The van der Waals surface area contributed by atoms with Gasteiger partial charge in [-0.1, -0.05) is 17.7 Å². The molecule has 0 heterocycles. The number of hydrogen-bond acceptors (Lipinski definition) is 2. The van der Waals surface area contributed by atoms with Crippen molar-refractivity contribution in [1.29, 1.82) is 0 Å². The largest absolute Gasteiger partial charge is 0.508 e. The van der Waals surface area contributed by atoms with Crippen molar-refractivity contribution in [2.24, 2.45) is 0 Å². The van der Waals surface area contributed by atoms with Crippen LogP contribution in [0, 0.1) is 12.7 Å². The second-order valence-electron chi connectivity index (χ2n) is 4.03. The van der Waals surface area contributed by atoms with Gasteiger partial charge in [0.2, 0.25) is 0 Å². The van der Waals surface area contributed by atoms with Gasteiger partial charge in [-0.25, -0.2) is 4.39 Å². The summed E-state index contributed by atoms with van der Waals surface area (Å²) < 4.78 is 13.5. The average Bonchev–Trinajstić information content (AvgIpc) is 2.37. The summed E-state index contributed by atoms with van der Waals surface area (Å²) in [5.41, 5.74) is 0.710. The molecule has 19 heavy (non-hydrogen) atoms. The summed E-state index contributed by atoms with van der Waals surface area (Å²) in [6.45, 7) is 1.61. The molecule has 0 saturated carbocycles. The van der Waals surface area contributed by atoms with E-state index in [4.69, 9.17) is 11.6 Å². The molecular weight excluding hydrogens is 269 g/mol. The van der Waals surface area contributed by atoms with Crippen molar-refractivity contribution in [3.63, 3.8) is 0 Å². The number of carbonyl (C=O) groups excluding carboxylic acids is 1. The van der Waals surface area contributed by atoms with Gasteiger partial charge >= 0.3 is 0 Å². The lowest BCUT2D eigenvalue weighted by Gasteiger charge is -2.09. The van der Waals surface area contributed by atoms with Crippen molar-refractivity contribution >= 4 is 23.2 Å². The second-order valence-corrected chi connectivity index (χ2v) is 4.46. The van der Waals surface area contributed by atoms with Gasteiger partial charge in [0.1, 0.15) is 11.6 Å². The normalized spacial score (nSPS) is 10.3. The Bertz CT molecular complexity index is 643. The molecule has 0 radical (unpaired) electrons. The van der Waals surface area contributed by atoms with Crippen LogP contribution in [0.2, 0.25) is 5.02 Å². The number of benzene rings is 2. The SMILES string of the molecule is Cc1c(O)cccc1C(=O)Nc1cc(Cl)ccc1F. The highest BCUT2D eigenvalue weighted by Gasteiger charge is 2.13. The Kier molecular flexibility index (Phi) is 3.71. The molecule has 3 nitrogen and oxygen atoms in total. The van der Waals surface area contributed by atoms with E-state index in [1.165, 1.54) is 24.3 Å². The lowest BCUT2D eigenvalue weighted by Crippen LogP contribution is -2.14. The van der Waals surface area contributed by atoms with E-state index in [0.717, 1.165) is 0 Å². The molecule has 0 bridgehead atoms. The third-order valence-corrected chi connectivity index (χ3v) is 2.96. The van der Waals surface area contributed by atoms with Crippen LogP contribution >= 0.6 is 11.6 Å². The van der Waals surface area contributed by atoms with Gasteiger partial charge in [0, 0.05) is 16.1 Å². The minimum Gasteiger partial charge on any atom is -0.508 e. The first-order chi connectivity index (χ1) is 8.99. The summed E-state index contributed by atoms with van der Waals surface area (Å²) in [5, 5.41) is 12.3. The predicted molar refractivity (Wildman–Crippen MR) is 72.2 cm³/mol. The zero-order chi connectivity index (χ0) is 14.0. The maximum absolute atomic E-state index is 13.5. The number of aromatic hydroxyl groups is 1. The minimum atomic E-state index is -0.574. The number of rotatable bonds is 2. The predicted octanol–water partition coefficient (Wildman–Crippen LogP) is 3.75. The van der Waals surface area contributed by atoms with Crippen LogP contribution in [-0.2, 0) is 0 Å². The molecule has 1 amide bonds. The van der Waals surface area contributed by atoms with E-state index < -0.39 is 11.7 Å². The molecule has 0 unspecified atom stereocenters. The van der Waals surface area contributed by atoms with Gasteiger partial charge in [0.05, 0.1) is 5.69 Å². The van der Waals surface area contributed by atoms with Crippen molar-refractivity contribution in [2.45, 2.75) is 6.92 Å². The summed E-state index contributed by atoms with van der Waals surface area (Å²) in [7, 11) is 0. The van der Waals surface area contributed by atoms with Gasteiger partial charge in [-0.3, -0.25) is 4.79 Å². The molecule has 2 rings (SSSR count). The van der Waals surface area contributed by atoms with E-state index in [1.807, 2.05) is 0 Å². The Balaban J connectivity index is 2.31. The summed E-state index contributed by atoms with van der Waals surface area (Å²) >= 11 is 5.74. The van der Waals surface area contributed by atoms with E-state index in [2.05, 4.69) is 5.32 Å². The number of carbonyl (C=O) groups is 1. The highest BCUT2D eigenvalue weighted by atomic mass is 35.5. The van der Waals surface area contributed by atoms with Gasteiger partial charge in [-0.15, -0.1) is 0 Å². The lowest BCUT2D eigenvalue weighted by molar-refractivity contribution is 0.102. The van der Waals surface area contributed by atoms with Crippen LogP contribution in [0.5, 0.6) is 5.75 Å². The maximum atomic E-state index is 13.5. The number of halogens is 2.